The van der Waals surface area contributed by atoms with Crippen molar-refractivity contribution in [3.8, 4) is 16.9 Å². The highest BCUT2D eigenvalue weighted by molar-refractivity contribution is 5.97. The first-order chi connectivity index (χ1) is 9.47. The summed E-state index contributed by atoms with van der Waals surface area (Å²) in [5.41, 5.74) is 2.49. The second kappa shape index (κ2) is 5.33. The van der Waals surface area contributed by atoms with Crippen LogP contribution in [0.4, 0.5) is 4.39 Å². The Labute approximate surface area is 116 Å². The molecule has 0 amide bonds. The maximum absolute atomic E-state index is 13.8. The molecule has 0 spiro atoms. The average molecular weight is 274 g/mol. The number of methoxy groups -OCH3 is 1. The lowest BCUT2D eigenvalue weighted by Crippen LogP contribution is -2.04. The molecule has 0 saturated heterocycles. The van der Waals surface area contributed by atoms with E-state index in [2.05, 4.69) is 0 Å². The lowest BCUT2D eigenvalue weighted by Gasteiger charge is -2.15. The molecule has 0 bridgehead atoms. The van der Waals surface area contributed by atoms with Crippen LogP contribution in [-0.2, 0) is 0 Å². The summed E-state index contributed by atoms with van der Waals surface area (Å²) in [4.78, 5) is 11.3. The van der Waals surface area contributed by atoms with Gasteiger partial charge in [0.2, 0.25) is 0 Å². The average Bonchev–Trinajstić information content (AvgIpc) is 2.41. The zero-order valence-corrected chi connectivity index (χ0v) is 11.5. The Morgan fingerprint density at radius 1 is 1.15 bits per heavy atom. The Morgan fingerprint density at radius 2 is 1.85 bits per heavy atom. The predicted molar refractivity (Wildman–Crippen MR) is 74.8 cm³/mol. The Bertz CT molecular complexity index is 678. The standard InChI is InChI=1S/C16H15FO3/c1-9-7-8-12(15(20-3)10(9)2)11-5-4-6-13(17)14(11)16(18)19/h4-8H,1-3H3,(H,18,19). The molecule has 2 rings (SSSR count). The summed E-state index contributed by atoms with van der Waals surface area (Å²) < 4.78 is 19.2. The van der Waals surface area contributed by atoms with Gasteiger partial charge in [-0.3, -0.25) is 0 Å². The molecule has 0 radical (unpaired) electrons. The quantitative estimate of drug-likeness (QED) is 0.925. The number of halogens is 1. The normalized spacial score (nSPS) is 10.4. The van der Waals surface area contributed by atoms with E-state index in [1.165, 1.54) is 13.2 Å². The van der Waals surface area contributed by atoms with Gasteiger partial charge in [0.15, 0.2) is 0 Å². The van der Waals surface area contributed by atoms with Crippen LogP contribution in [0.25, 0.3) is 11.1 Å². The van der Waals surface area contributed by atoms with Crippen LogP contribution in [0, 0.1) is 19.7 Å². The molecule has 104 valence electrons. The first-order valence-electron chi connectivity index (χ1n) is 6.13. The Hall–Kier alpha value is -2.36. The van der Waals surface area contributed by atoms with Crippen LogP contribution in [0.2, 0.25) is 0 Å². The van der Waals surface area contributed by atoms with E-state index < -0.39 is 11.8 Å². The Balaban J connectivity index is 2.79. The Morgan fingerprint density at radius 3 is 2.45 bits per heavy atom. The van der Waals surface area contributed by atoms with Crippen LogP contribution in [0.5, 0.6) is 5.75 Å². The molecule has 0 saturated carbocycles. The molecular weight excluding hydrogens is 259 g/mol. The van der Waals surface area contributed by atoms with Gasteiger partial charge >= 0.3 is 5.97 Å². The molecule has 0 aromatic heterocycles. The van der Waals surface area contributed by atoms with Crippen molar-refractivity contribution in [3.05, 3.63) is 52.8 Å². The maximum atomic E-state index is 13.8. The lowest BCUT2D eigenvalue weighted by molar-refractivity contribution is 0.0693. The van der Waals surface area contributed by atoms with Crippen molar-refractivity contribution < 1.29 is 19.0 Å². The van der Waals surface area contributed by atoms with E-state index >= 15 is 0 Å². The minimum Gasteiger partial charge on any atom is -0.496 e. The first-order valence-corrected chi connectivity index (χ1v) is 6.13. The fourth-order valence-corrected chi connectivity index (χ4v) is 2.23. The molecule has 0 fully saturated rings. The summed E-state index contributed by atoms with van der Waals surface area (Å²) in [5, 5.41) is 9.21. The SMILES string of the molecule is COc1c(-c2cccc(F)c2C(=O)O)ccc(C)c1C. The summed E-state index contributed by atoms with van der Waals surface area (Å²) in [6.45, 7) is 3.82. The van der Waals surface area contributed by atoms with Crippen molar-refractivity contribution in [2.45, 2.75) is 13.8 Å². The monoisotopic (exact) mass is 274 g/mol. The van der Waals surface area contributed by atoms with Gasteiger partial charge in [-0.1, -0.05) is 24.3 Å². The van der Waals surface area contributed by atoms with E-state index in [1.807, 2.05) is 19.9 Å². The van der Waals surface area contributed by atoms with Crippen molar-refractivity contribution in [3.63, 3.8) is 0 Å². The minimum absolute atomic E-state index is 0.317. The number of ether oxygens (including phenoxy) is 1. The summed E-state index contributed by atoms with van der Waals surface area (Å²) in [7, 11) is 1.52. The zero-order valence-electron chi connectivity index (χ0n) is 11.5. The van der Waals surface area contributed by atoms with E-state index in [9.17, 15) is 14.3 Å². The second-order valence-corrected chi connectivity index (χ2v) is 4.56. The van der Waals surface area contributed by atoms with E-state index in [-0.39, 0.29) is 5.56 Å². The van der Waals surface area contributed by atoms with Crippen molar-refractivity contribution in [1.82, 2.24) is 0 Å². The fraction of sp³-hybridized carbons (Fsp3) is 0.188. The minimum atomic E-state index is -1.29. The number of rotatable bonds is 3. The zero-order chi connectivity index (χ0) is 14.9. The molecule has 0 aliphatic carbocycles. The molecule has 0 unspecified atom stereocenters. The van der Waals surface area contributed by atoms with Crippen LogP contribution in [-0.4, -0.2) is 18.2 Å². The highest BCUT2D eigenvalue weighted by Crippen LogP contribution is 2.36. The summed E-state index contributed by atoms with van der Waals surface area (Å²) >= 11 is 0. The molecular formula is C16H15FO3. The van der Waals surface area contributed by atoms with E-state index in [0.717, 1.165) is 17.2 Å². The van der Waals surface area contributed by atoms with Gasteiger partial charge in [0.1, 0.15) is 17.1 Å². The summed E-state index contributed by atoms with van der Waals surface area (Å²) in [6, 6.07) is 7.83. The summed E-state index contributed by atoms with van der Waals surface area (Å²) in [5.74, 6) is -1.48. The topological polar surface area (TPSA) is 46.5 Å². The molecule has 1 N–H and O–H groups in total. The third-order valence-corrected chi connectivity index (χ3v) is 3.40. The molecule has 2 aromatic carbocycles. The molecule has 0 atom stereocenters. The molecule has 20 heavy (non-hydrogen) atoms. The fourth-order valence-electron chi connectivity index (χ4n) is 2.23. The van der Waals surface area contributed by atoms with Crippen molar-refractivity contribution in [2.24, 2.45) is 0 Å². The first kappa shape index (κ1) is 14.1. The number of aryl methyl sites for hydroxylation is 1. The number of carbonyl (C=O) groups is 1. The number of hydrogen-bond acceptors (Lipinski definition) is 2. The van der Waals surface area contributed by atoms with Gasteiger partial charge in [-0.2, -0.15) is 0 Å². The molecule has 3 nitrogen and oxygen atoms in total. The summed E-state index contributed by atoms with van der Waals surface area (Å²) in [6.07, 6.45) is 0. The molecule has 2 aromatic rings. The molecule has 4 heteroatoms. The molecule has 0 aliphatic rings. The van der Waals surface area contributed by atoms with Crippen LogP contribution in [0.1, 0.15) is 21.5 Å². The van der Waals surface area contributed by atoms with Crippen molar-refractivity contribution >= 4 is 5.97 Å². The lowest BCUT2D eigenvalue weighted by atomic mass is 9.95. The highest BCUT2D eigenvalue weighted by Gasteiger charge is 2.20. The van der Waals surface area contributed by atoms with Gasteiger partial charge in [-0.25, -0.2) is 9.18 Å². The molecule has 0 heterocycles. The molecule has 0 aliphatic heterocycles. The number of benzene rings is 2. The highest BCUT2D eigenvalue weighted by atomic mass is 19.1. The van der Waals surface area contributed by atoms with Gasteiger partial charge in [0.05, 0.1) is 7.11 Å². The van der Waals surface area contributed by atoms with Gasteiger partial charge in [0, 0.05) is 11.1 Å². The smallest absolute Gasteiger partial charge is 0.339 e. The van der Waals surface area contributed by atoms with E-state index in [4.69, 9.17) is 4.74 Å². The van der Waals surface area contributed by atoms with Gasteiger partial charge in [-0.15, -0.1) is 0 Å². The Kier molecular flexibility index (Phi) is 3.74. The third-order valence-electron chi connectivity index (χ3n) is 3.40. The van der Waals surface area contributed by atoms with Gasteiger partial charge in [0.25, 0.3) is 0 Å². The maximum Gasteiger partial charge on any atom is 0.339 e. The van der Waals surface area contributed by atoms with Crippen LogP contribution in [0.15, 0.2) is 30.3 Å². The van der Waals surface area contributed by atoms with Crippen molar-refractivity contribution in [2.75, 3.05) is 7.11 Å². The number of carboxylic acids is 1. The van der Waals surface area contributed by atoms with Gasteiger partial charge < -0.3 is 9.84 Å². The number of aromatic carboxylic acids is 1. The second-order valence-electron chi connectivity index (χ2n) is 4.56. The predicted octanol–water partition coefficient (Wildman–Crippen LogP) is 3.82. The number of carboxylic acid groups (broad SMARTS) is 1. The van der Waals surface area contributed by atoms with E-state index in [0.29, 0.717) is 16.9 Å². The van der Waals surface area contributed by atoms with Crippen molar-refractivity contribution in [1.29, 1.82) is 0 Å². The van der Waals surface area contributed by atoms with E-state index in [1.54, 1.807) is 12.1 Å². The number of hydrogen-bond donors (Lipinski definition) is 1. The van der Waals surface area contributed by atoms with Gasteiger partial charge in [-0.05, 0) is 31.0 Å². The van der Waals surface area contributed by atoms with Crippen LogP contribution < -0.4 is 4.74 Å². The largest absolute Gasteiger partial charge is 0.496 e. The van der Waals surface area contributed by atoms with Crippen LogP contribution in [0.3, 0.4) is 0 Å². The third kappa shape index (κ3) is 2.25. The van der Waals surface area contributed by atoms with Crippen LogP contribution >= 0.6 is 0 Å².